The smallest absolute Gasteiger partial charge is 0.390 e. The van der Waals surface area contributed by atoms with Crippen LogP contribution in [0.4, 0.5) is 13.2 Å². The molecule has 0 spiro atoms. The average Bonchev–Trinajstić information content (AvgIpc) is 2.26. The van der Waals surface area contributed by atoms with Gasteiger partial charge in [-0.3, -0.25) is 4.79 Å². The predicted molar refractivity (Wildman–Crippen MR) is 66.8 cm³/mol. The summed E-state index contributed by atoms with van der Waals surface area (Å²) in [6.07, 6.45) is -5.49. The Kier molecular flexibility index (Phi) is 4.97. The van der Waals surface area contributed by atoms with Crippen molar-refractivity contribution in [1.82, 2.24) is 4.57 Å². The molecule has 0 bridgehead atoms. The van der Waals surface area contributed by atoms with Crippen LogP contribution in [0.2, 0.25) is 0 Å². The first-order valence-corrected chi connectivity index (χ1v) is 6.12. The van der Waals surface area contributed by atoms with E-state index in [4.69, 9.17) is 4.74 Å². The van der Waals surface area contributed by atoms with Gasteiger partial charge >= 0.3 is 12.1 Å². The lowest BCUT2D eigenvalue weighted by Gasteiger charge is -2.16. The van der Waals surface area contributed by atoms with Crippen LogP contribution in [-0.4, -0.2) is 23.3 Å². The third-order valence-corrected chi connectivity index (χ3v) is 2.87. The maximum absolute atomic E-state index is 12.3. The Hall–Kier alpha value is -1.79. The van der Waals surface area contributed by atoms with Gasteiger partial charge in [-0.25, -0.2) is 4.79 Å². The van der Waals surface area contributed by atoms with Gasteiger partial charge in [-0.15, -0.1) is 0 Å². The maximum atomic E-state index is 12.3. The molecule has 0 aromatic carbocycles. The highest BCUT2D eigenvalue weighted by molar-refractivity contribution is 5.92. The molecule has 7 heteroatoms. The van der Waals surface area contributed by atoms with Gasteiger partial charge in [0, 0.05) is 18.3 Å². The number of hydrogen-bond donors (Lipinski definition) is 0. The van der Waals surface area contributed by atoms with Crippen LogP contribution in [0, 0.1) is 13.8 Å². The van der Waals surface area contributed by atoms with Crippen LogP contribution in [0.25, 0.3) is 0 Å². The summed E-state index contributed by atoms with van der Waals surface area (Å²) in [6, 6.07) is 1.15. The van der Waals surface area contributed by atoms with Gasteiger partial charge in [-0.1, -0.05) is 0 Å². The molecule has 1 rings (SSSR count). The molecule has 0 saturated carbocycles. The van der Waals surface area contributed by atoms with Crippen molar-refractivity contribution in [1.29, 1.82) is 0 Å². The van der Waals surface area contributed by atoms with E-state index in [0.717, 1.165) is 10.6 Å². The minimum Gasteiger partial charge on any atom is -0.462 e. The highest BCUT2D eigenvalue weighted by Gasteiger charge is 2.28. The van der Waals surface area contributed by atoms with Gasteiger partial charge in [-0.05, 0) is 26.3 Å². The molecule has 0 fully saturated rings. The molecular formula is C13H16F3NO3. The number of ether oxygens (including phenoxy) is 1. The molecule has 1 aromatic rings. The van der Waals surface area contributed by atoms with Crippen LogP contribution in [0.5, 0.6) is 0 Å². The number of alkyl halides is 3. The van der Waals surface area contributed by atoms with Gasteiger partial charge in [0.1, 0.15) is 0 Å². The van der Waals surface area contributed by atoms with E-state index in [0.29, 0.717) is 5.56 Å². The third kappa shape index (κ3) is 3.85. The number of nitrogens with zero attached hydrogens (tertiary/aromatic N) is 1. The molecule has 0 aliphatic heterocycles. The number of pyridine rings is 1. The van der Waals surface area contributed by atoms with E-state index in [1.807, 2.05) is 0 Å². The van der Waals surface area contributed by atoms with Crippen LogP contribution < -0.4 is 5.56 Å². The van der Waals surface area contributed by atoms with Crippen molar-refractivity contribution in [2.45, 2.75) is 39.9 Å². The lowest BCUT2D eigenvalue weighted by molar-refractivity contribution is -0.136. The molecule has 0 atom stereocenters. The minimum atomic E-state index is -4.36. The Bertz CT molecular complexity index is 561. The monoisotopic (exact) mass is 291 g/mol. The zero-order chi connectivity index (χ0) is 15.5. The number of rotatable bonds is 4. The zero-order valence-corrected chi connectivity index (χ0v) is 11.5. The van der Waals surface area contributed by atoms with E-state index in [1.165, 1.54) is 6.92 Å². The van der Waals surface area contributed by atoms with Crippen LogP contribution >= 0.6 is 0 Å². The highest BCUT2D eigenvalue weighted by atomic mass is 19.4. The maximum Gasteiger partial charge on any atom is 0.390 e. The summed E-state index contributed by atoms with van der Waals surface area (Å²) in [4.78, 5) is 23.5. The fourth-order valence-electron chi connectivity index (χ4n) is 1.95. The lowest BCUT2D eigenvalue weighted by atomic mass is 10.1. The van der Waals surface area contributed by atoms with E-state index in [2.05, 4.69) is 0 Å². The first kappa shape index (κ1) is 16.3. The van der Waals surface area contributed by atoms with Crippen LogP contribution in [0.1, 0.15) is 35.0 Å². The molecule has 20 heavy (non-hydrogen) atoms. The largest absolute Gasteiger partial charge is 0.462 e. The molecule has 1 heterocycles. The number of carbonyl (C=O) groups excluding carboxylic acids is 1. The van der Waals surface area contributed by atoms with Gasteiger partial charge in [-0.2, -0.15) is 13.2 Å². The summed E-state index contributed by atoms with van der Waals surface area (Å²) in [5.74, 6) is -0.636. The molecule has 112 valence electrons. The quantitative estimate of drug-likeness (QED) is 0.801. The Morgan fingerprint density at radius 2 is 1.95 bits per heavy atom. The molecule has 0 unspecified atom stereocenters. The van der Waals surface area contributed by atoms with E-state index in [9.17, 15) is 22.8 Å². The number of aromatic nitrogens is 1. The zero-order valence-electron chi connectivity index (χ0n) is 11.5. The highest BCUT2D eigenvalue weighted by Crippen LogP contribution is 2.21. The summed E-state index contributed by atoms with van der Waals surface area (Å²) < 4.78 is 42.6. The second-order valence-corrected chi connectivity index (χ2v) is 4.36. The average molecular weight is 291 g/mol. The minimum absolute atomic E-state index is 0.147. The molecule has 0 radical (unpaired) electrons. The van der Waals surface area contributed by atoms with Gasteiger partial charge < -0.3 is 9.30 Å². The molecule has 0 N–H and O–H groups in total. The summed E-state index contributed by atoms with van der Waals surface area (Å²) in [7, 11) is 0. The first-order chi connectivity index (χ1) is 9.17. The number of esters is 1. The van der Waals surface area contributed by atoms with Gasteiger partial charge in [0.25, 0.3) is 5.56 Å². The molecule has 0 amide bonds. The van der Waals surface area contributed by atoms with E-state index in [1.54, 1.807) is 13.8 Å². The fourth-order valence-corrected chi connectivity index (χ4v) is 1.95. The van der Waals surface area contributed by atoms with Crippen LogP contribution in [0.15, 0.2) is 10.9 Å². The standard InChI is InChI=1S/C13H16F3NO3/c1-4-20-12(19)11-8(2)7-10(18)17(9(11)3)6-5-13(14,15)16/h7H,4-6H2,1-3H3. The summed E-state index contributed by atoms with van der Waals surface area (Å²) in [5, 5.41) is 0. The van der Waals surface area contributed by atoms with Crippen molar-refractivity contribution in [3.8, 4) is 0 Å². The van der Waals surface area contributed by atoms with Gasteiger partial charge in [0.05, 0.1) is 18.6 Å². The summed E-state index contributed by atoms with van der Waals surface area (Å²) in [6.45, 7) is 4.26. The van der Waals surface area contributed by atoms with Crippen LogP contribution in [0.3, 0.4) is 0 Å². The molecule has 4 nitrogen and oxygen atoms in total. The Morgan fingerprint density at radius 1 is 1.35 bits per heavy atom. The van der Waals surface area contributed by atoms with E-state index in [-0.39, 0.29) is 17.9 Å². The SMILES string of the molecule is CCOC(=O)c1c(C)cc(=O)n(CCC(F)(F)F)c1C. The first-order valence-electron chi connectivity index (χ1n) is 6.12. The number of aryl methyl sites for hydroxylation is 1. The Morgan fingerprint density at radius 3 is 2.45 bits per heavy atom. The second-order valence-electron chi connectivity index (χ2n) is 4.36. The van der Waals surface area contributed by atoms with Crippen molar-refractivity contribution in [2.75, 3.05) is 6.61 Å². The fraction of sp³-hybridized carbons (Fsp3) is 0.538. The molecule has 1 aromatic heterocycles. The van der Waals surface area contributed by atoms with Crippen molar-refractivity contribution < 1.29 is 22.7 Å². The molecule has 0 aliphatic carbocycles. The lowest BCUT2D eigenvalue weighted by Crippen LogP contribution is -2.28. The number of hydrogen-bond acceptors (Lipinski definition) is 3. The summed E-state index contributed by atoms with van der Waals surface area (Å²) >= 11 is 0. The second kappa shape index (κ2) is 6.11. The summed E-state index contributed by atoms with van der Waals surface area (Å²) in [5.41, 5.74) is 0.179. The number of carbonyl (C=O) groups is 1. The third-order valence-electron chi connectivity index (χ3n) is 2.87. The normalized spacial score (nSPS) is 11.5. The topological polar surface area (TPSA) is 48.3 Å². The van der Waals surface area contributed by atoms with Gasteiger partial charge in [0.2, 0.25) is 0 Å². The van der Waals surface area contributed by atoms with Crippen molar-refractivity contribution in [2.24, 2.45) is 0 Å². The molecular weight excluding hydrogens is 275 g/mol. The predicted octanol–water partition coefficient (Wildman–Crippen LogP) is 2.59. The Labute approximate surface area is 114 Å². The van der Waals surface area contributed by atoms with Crippen LogP contribution in [-0.2, 0) is 11.3 Å². The van der Waals surface area contributed by atoms with Crippen molar-refractivity contribution in [3.63, 3.8) is 0 Å². The van der Waals surface area contributed by atoms with Gasteiger partial charge in [0.15, 0.2) is 0 Å². The van der Waals surface area contributed by atoms with Crippen molar-refractivity contribution >= 4 is 5.97 Å². The van der Waals surface area contributed by atoms with E-state index >= 15 is 0 Å². The number of halogens is 3. The Balaban J connectivity index is 3.22. The molecule has 0 saturated heterocycles. The van der Waals surface area contributed by atoms with E-state index < -0.39 is 30.7 Å². The molecule has 0 aliphatic rings. The van der Waals surface area contributed by atoms with Crippen molar-refractivity contribution in [3.05, 3.63) is 33.2 Å².